The van der Waals surface area contributed by atoms with Crippen molar-refractivity contribution in [3.05, 3.63) is 35.4 Å². The molecule has 1 rings (SSSR count). The lowest BCUT2D eigenvalue weighted by Gasteiger charge is -2.03. The van der Waals surface area contributed by atoms with Crippen LogP contribution in [0.15, 0.2) is 18.2 Å². The van der Waals surface area contributed by atoms with Crippen molar-refractivity contribution in [3.8, 4) is 0 Å². The fourth-order valence-corrected chi connectivity index (χ4v) is 2.36. The molecule has 0 amide bonds. The molecule has 1 aromatic rings. The van der Waals surface area contributed by atoms with Gasteiger partial charge in [-0.05, 0) is 37.0 Å². The second-order valence-corrected chi connectivity index (χ2v) is 5.47. The van der Waals surface area contributed by atoms with Gasteiger partial charge >= 0.3 is 5.97 Å². The van der Waals surface area contributed by atoms with Crippen molar-refractivity contribution >= 4 is 5.97 Å². The SMILES string of the molecule is O=C(O)CCCCCCCCCCc1ccc(F)c(F)c1. The molecule has 0 aliphatic carbocycles. The number of aryl methyl sites for hydroxylation is 1. The fraction of sp³-hybridized carbons (Fsp3) is 0.588. The summed E-state index contributed by atoms with van der Waals surface area (Å²) >= 11 is 0. The lowest BCUT2D eigenvalue weighted by Crippen LogP contribution is -1.93. The van der Waals surface area contributed by atoms with Crippen LogP contribution in [-0.4, -0.2) is 11.1 Å². The Morgan fingerprint density at radius 3 is 2.00 bits per heavy atom. The fourth-order valence-electron chi connectivity index (χ4n) is 2.36. The first-order chi connectivity index (χ1) is 10.1. The lowest BCUT2D eigenvalue weighted by molar-refractivity contribution is -0.137. The zero-order valence-electron chi connectivity index (χ0n) is 12.4. The first kappa shape index (κ1) is 17.6. The summed E-state index contributed by atoms with van der Waals surface area (Å²) in [7, 11) is 0. The number of carboxylic acids is 1. The Kier molecular flexibility index (Phi) is 8.63. The highest BCUT2D eigenvalue weighted by atomic mass is 19.2. The maximum absolute atomic E-state index is 13.0. The number of rotatable bonds is 11. The number of unbranched alkanes of at least 4 members (excludes halogenated alkanes) is 7. The summed E-state index contributed by atoms with van der Waals surface area (Å²) in [4.78, 5) is 10.3. The van der Waals surface area contributed by atoms with E-state index in [9.17, 15) is 13.6 Å². The maximum atomic E-state index is 13.0. The molecule has 0 saturated carbocycles. The first-order valence-corrected chi connectivity index (χ1v) is 7.75. The van der Waals surface area contributed by atoms with Crippen LogP contribution in [0.4, 0.5) is 8.78 Å². The Labute approximate surface area is 125 Å². The molecule has 2 nitrogen and oxygen atoms in total. The van der Waals surface area contributed by atoms with E-state index in [1.807, 2.05) is 0 Å². The molecule has 0 aromatic heterocycles. The van der Waals surface area contributed by atoms with Crippen LogP contribution >= 0.6 is 0 Å². The molecule has 118 valence electrons. The summed E-state index contributed by atoms with van der Waals surface area (Å²) in [5, 5.41) is 8.50. The molecule has 0 aliphatic heterocycles. The second kappa shape index (κ2) is 10.3. The van der Waals surface area contributed by atoms with Gasteiger partial charge in [0.15, 0.2) is 11.6 Å². The summed E-state index contributed by atoms with van der Waals surface area (Å²) in [5.74, 6) is -2.28. The predicted molar refractivity (Wildman–Crippen MR) is 79.3 cm³/mol. The Morgan fingerprint density at radius 1 is 0.857 bits per heavy atom. The van der Waals surface area contributed by atoms with Gasteiger partial charge in [-0.1, -0.05) is 44.6 Å². The second-order valence-electron chi connectivity index (χ2n) is 5.47. The molecule has 4 heteroatoms. The van der Waals surface area contributed by atoms with Crippen molar-refractivity contribution < 1.29 is 18.7 Å². The molecule has 1 aromatic carbocycles. The van der Waals surface area contributed by atoms with Crippen LogP contribution in [0, 0.1) is 11.6 Å². The first-order valence-electron chi connectivity index (χ1n) is 7.75. The molecule has 0 bridgehead atoms. The highest BCUT2D eigenvalue weighted by molar-refractivity contribution is 5.66. The summed E-state index contributed by atoms with van der Waals surface area (Å²) in [6.45, 7) is 0. The minimum Gasteiger partial charge on any atom is -0.481 e. The molecule has 0 unspecified atom stereocenters. The number of halogens is 2. The molecule has 0 atom stereocenters. The smallest absolute Gasteiger partial charge is 0.303 e. The van der Waals surface area contributed by atoms with Gasteiger partial charge in [0.2, 0.25) is 0 Å². The van der Waals surface area contributed by atoms with Gasteiger partial charge in [0.1, 0.15) is 0 Å². The molecule has 0 spiro atoms. The molecule has 1 N–H and O–H groups in total. The van der Waals surface area contributed by atoms with E-state index in [1.54, 1.807) is 6.07 Å². The van der Waals surface area contributed by atoms with Crippen LogP contribution < -0.4 is 0 Å². The summed E-state index contributed by atoms with van der Waals surface area (Å²) in [6, 6.07) is 4.10. The molecule has 0 saturated heterocycles. The third-order valence-electron chi connectivity index (χ3n) is 3.59. The van der Waals surface area contributed by atoms with Crippen LogP contribution in [0.3, 0.4) is 0 Å². The largest absolute Gasteiger partial charge is 0.481 e. The van der Waals surface area contributed by atoms with Gasteiger partial charge in [-0.25, -0.2) is 8.78 Å². The van der Waals surface area contributed by atoms with E-state index in [-0.39, 0.29) is 6.42 Å². The van der Waals surface area contributed by atoms with Gasteiger partial charge in [-0.15, -0.1) is 0 Å². The van der Waals surface area contributed by atoms with Gasteiger partial charge in [0, 0.05) is 6.42 Å². The van der Waals surface area contributed by atoms with E-state index in [0.717, 1.165) is 63.4 Å². The lowest BCUT2D eigenvalue weighted by atomic mass is 10.0. The number of carbonyl (C=O) groups is 1. The van der Waals surface area contributed by atoms with Crippen LogP contribution in [0.5, 0.6) is 0 Å². The molecular formula is C17H24F2O2. The molecule has 21 heavy (non-hydrogen) atoms. The molecule has 0 radical (unpaired) electrons. The number of hydrogen-bond donors (Lipinski definition) is 1. The number of aliphatic carboxylic acids is 1. The van der Waals surface area contributed by atoms with Gasteiger partial charge in [-0.3, -0.25) is 4.79 Å². The Balaban J connectivity index is 1.95. The maximum Gasteiger partial charge on any atom is 0.303 e. The van der Waals surface area contributed by atoms with Crippen LogP contribution in [-0.2, 0) is 11.2 Å². The number of benzene rings is 1. The minimum atomic E-state index is -0.790. The highest BCUT2D eigenvalue weighted by Gasteiger charge is 2.02. The summed E-state index contributed by atoms with van der Waals surface area (Å²) < 4.78 is 25.7. The van der Waals surface area contributed by atoms with Gasteiger partial charge in [0.25, 0.3) is 0 Å². The quantitative estimate of drug-likeness (QED) is 0.577. The Hall–Kier alpha value is -1.45. The van der Waals surface area contributed by atoms with Crippen LogP contribution in [0.1, 0.15) is 63.4 Å². The van der Waals surface area contributed by atoms with Gasteiger partial charge in [-0.2, -0.15) is 0 Å². The van der Waals surface area contributed by atoms with E-state index >= 15 is 0 Å². The highest BCUT2D eigenvalue weighted by Crippen LogP contribution is 2.14. The van der Waals surface area contributed by atoms with Crippen molar-refractivity contribution in [2.75, 3.05) is 0 Å². The molecule has 0 aliphatic rings. The summed E-state index contributed by atoms with van der Waals surface area (Å²) in [6.07, 6.45) is 9.43. The summed E-state index contributed by atoms with van der Waals surface area (Å²) in [5.41, 5.74) is 0.850. The van der Waals surface area contributed by atoms with Crippen molar-refractivity contribution in [2.24, 2.45) is 0 Å². The monoisotopic (exact) mass is 298 g/mol. The van der Waals surface area contributed by atoms with Crippen molar-refractivity contribution in [1.82, 2.24) is 0 Å². The molecular weight excluding hydrogens is 274 g/mol. The van der Waals surface area contributed by atoms with E-state index < -0.39 is 17.6 Å². The average molecular weight is 298 g/mol. The molecule has 0 heterocycles. The third kappa shape index (κ3) is 8.43. The van der Waals surface area contributed by atoms with E-state index in [2.05, 4.69) is 0 Å². The van der Waals surface area contributed by atoms with Crippen molar-refractivity contribution in [1.29, 1.82) is 0 Å². The van der Waals surface area contributed by atoms with Crippen molar-refractivity contribution in [2.45, 2.75) is 64.2 Å². The van der Waals surface area contributed by atoms with E-state index in [1.165, 1.54) is 12.1 Å². The number of carboxylic acid groups (broad SMARTS) is 1. The zero-order valence-corrected chi connectivity index (χ0v) is 12.4. The minimum absolute atomic E-state index is 0.272. The van der Waals surface area contributed by atoms with Crippen molar-refractivity contribution in [3.63, 3.8) is 0 Å². The predicted octanol–water partition coefficient (Wildman–Crippen LogP) is 5.10. The average Bonchev–Trinajstić information content (AvgIpc) is 2.44. The molecule has 0 fully saturated rings. The Bertz CT molecular complexity index is 433. The van der Waals surface area contributed by atoms with E-state index in [0.29, 0.717) is 0 Å². The third-order valence-corrected chi connectivity index (χ3v) is 3.59. The van der Waals surface area contributed by atoms with Gasteiger partial charge < -0.3 is 5.11 Å². The van der Waals surface area contributed by atoms with Crippen LogP contribution in [0.25, 0.3) is 0 Å². The topological polar surface area (TPSA) is 37.3 Å². The van der Waals surface area contributed by atoms with E-state index in [4.69, 9.17) is 5.11 Å². The number of hydrogen-bond acceptors (Lipinski definition) is 1. The standard InChI is InChI=1S/C17H24F2O2/c18-15-12-11-14(13-16(15)19)9-7-5-3-1-2-4-6-8-10-17(20)21/h11-13H,1-10H2,(H,20,21). The Morgan fingerprint density at radius 2 is 1.43 bits per heavy atom. The normalized spacial score (nSPS) is 10.8. The zero-order chi connectivity index (χ0) is 15.5. The van der Waals surface area contributed by atoms with Crippen LogP contribution in [0.2, 0.25) is 0 Å². The van der Waals surface area contributed by atoms with Gasteiger partial charge in [0.05, 0.1) is 0 Å².